The molecule has 110 valence electrons. The molecular weight excluding hydrogens is 248 g/mol. The molecule has 20 heavy (non-hydrogen) atoms. The highest BCUT2D eigenvalue weighted by Crippen LogP contribution is 2.12. The fourth-order valence-corrected chi connectivity index (χ4v) is 2.64. The summed E-state index contributed by atoms with van der Waals surface area (Å²) in [6.45, 7) is 9.15. The maximum atomic E-state index is 12.4. The zero-order chi connectivity index (χ0) is 14.4. The molecule has 0 bridgehead atoms. The normalized spacial score (nSPS) is 16.4. The number of carbonyl (C=O) groups excluding carboxylic acids is 1. The van der Waals surface area contributed by atoms with E-state index in [9.17, 15) is 4.79 Å². The first-order chi connectivity index (χ1) is 9.74. The van der Waals surface area contributed by atoms with E-state index in [0.29, 0.717) is 0 Å². The van der Waals surface area contributed by atoms with Crippen LogP contribution in [0.3, 0.4) is 0 Å². The van der Waals surface area contributed by atoms with Gasteiger partial charge in [0.1, 0.15) is 0 Å². The van der Waals surface area contributed by atoms with Gasteiger partial charge in [0.2, 0.25) is 0 Å². The molecule has 0 atom stereocenters. The Kier molecular flexibility index (Phi) is 5.60. The standard InChI is InChI=1S/C17H26N2O/c1-3-5-6-15-7-9-16(10-8-15)17(20)19-13-11-18(4-2)12-14-19/h7-10H,3-6,11-14H2,1-2H3. The van der Waals surface area contributed by atoms with E-state index < -0.39 is 0 Å². The maximum absolute atomic E-state index is 12.4. The molecule has 1 amide bonds. The van der Waals surface area contributed by atoms with Gasteiger partial charge in [0.05, 0.1) is 0 Å². The molecule has 1 heterocycles. The minimum absolute atomic E-state index is 0.183. The number of nitrogens with zero attached hydrogens (tertiary/aromatic N) is 2. The molecule has 1 fully saturated rings. The van der Waals surface area contributed by atoms with Crippen LogP contribution in [0.15, 0.2) is 24.3 Å². The van der Waals surface area contributed by atoms with Gasteiger partial charge in [-0.05, 0) is 37.1 Å². The van der Waals surface area contributed by atoms with E-state index in [1.807, 2.05) is 17.0 Å². The van der Waals surface area contributed by atoms with E-state index in [1.54, 1.807) is 0 Å². The molecule has 3 nitrogen and oxygen atoms in total. The number of benzene rings is 1. The molecule has 0 unspecified atom stereocenters. The lowest BCUT2D eigenvalue weighted by molar-refractivity contribution is 0.0643. The lowest BCUT2D eigenvalue weighted by Gasteiger charge is -2.34. The van der Waals surface area contributed by atoms with Gasteiger partial charge in [-0.1, -0.05) is 32.4 Å². The summed E-state index contributed by atoms with van der Waals surface area (Å²) in [6, 6.07) is 8.18. The number of likely N-dealkylation sites (N-methyl/N-ethyl adjacent to an activating group) is 1. The predicted molar refractivity (Wildman–Crippen MR) is 83.1 cm³/mol. The summed E-state index contributed by atoms with van der Waals surface area (Å²) >= 11 is 0. The molecule has 1 aromatic rings. The van der Waals surface area contributed by atoms with E-state index in [0.717, 1.165) is 44.7 Å². The molecule has 0 saturated carbocycles. The fourth-order valence-electron chi connectivity index (χ4n) is 2.64. The predicted octanol–water partition coefficient (Wildman–Crippen LogP) is 2.81. The van der Waals surface area contributed by atoms with Crippen LogP contribution in [-0.2, 0) is 6.42 Å². The van der Waals surface area contributed by atoms with Crippen molar-refractivity contribution in [2.75, 3.05) is 32.7 Å². The van der Waals surface area contributed by atoms with Crippen molar-refractivity contribution in [2.24, 2.45) is 0 Å². The minimum atomic E-state index is 0.183. The molecule has 1 aliphatic heterocycles. The van der Waals surface area contributed by atoms with Gasteiger partial charge in [0.25, 0.3) is 5.91 Å². The zero-order valence-electron chi connectivity index (χ0n) is 12.8. The number of aryl methyl sites for hydroxylation is 1. The third-order valence-corrected chi connectivity index (χ3v) is 4.13. The monoisotopic (exact) mass is 274 g/mol. The van der Waals surface area contributed by atoms with Crippen molar-refractivity contribution >= 4 is 5.91 Å². The lowest BCUT2D eigenvalue weighted by Crippen LogP contribution is -2.48. The Balaban J connectivity index is 1.92. The Hall–Kier alpha value is -1.35. The van der Waals surface area contributed by atoms with Crippen molar-refractivity contribution in [3.8, 4) is 0 Å². The van der Waals surface area contributed by atoms with Gasteiger partial charge in [-0.15, -0.1) is 0 Å². The van der Waals surface area contributed by atoms with Gasteiger partial charge in [-0.3, -0.25) is 4.79 Å². The summed E-state index contributed by atoms with van der Waals surface area (Å²) in [5.41, 5.74) is 2.16. The van der Waals surface area contributed by atoms with Crippen molar-refractivity contribution in [3.63, 3.8) is 0 Å². The van der Waals surface area contributed by atoms with E-state index in [1.165, 1.54) is 18.4 Å². The van der Waals surface area contributed by atoms with Crippen LogP contribution in [0.25, 0.3) is 0 Å². The summed E-state index contributed by atoms with van der Waals surface area (Å²) in [5, 5.41) is 0. The molecule has 1 saturated heterocycles. The third kappa shape index (κ3) is 3.83. The van der Waals surface area contributed by atoms with Crippen LogP contribution in [-0.4, -0.2) is 48.4 Å². The zero-order valence-corrected chi connectivity index (χ0v) is 12.8. The van der Waals surface area contributed by atoms with Crippen LogP contribution in [0.2, 0.25) is 0 Å². The summed E-state index contributed by atoms with van der Waals surface area (Å²) in [7, 11) is 0. The molecule has 0 aromatic heterocycles. The molecule has 1 aliphatic rings. The second kappa shape index (κ2) is 7.44. The topological polar surface area (TPSA) is 23.6 Å². The number of amides is 1. The highest BCUT2D eigenvalue weighted by molar-refractivity contribution is 5.94. The van der Waals surface area contributed by atoms with Crippen LogP contribution >= 0.6 is 0 Å². The highest BCUT2D eigenvalue weighted by Gasteiger charge is 2.20. The Morgan fingerprint density at radius 2 is 1.70 bits per heavy atom. The first-order valence-electron chi connectivity index (χ1n) is 7.85. The van der Waals surface area contributed by atoms with Crippen molar-refractivity contribution in [3.05, 3.63) is 35.4 Å². The van der Waals surface area contributed by atoms with Crippen LogP contribution < -0.4 is 0 Å². The number of hydrogen-bond donors (Lipinski definition) is 0. The summed E-state index contributed by atoms with van der Waals surface area (Å²) < 4.78 is 0. The first-order valence-corrected chi connectivity index (χ1v) is 7.85. The molecule has 1 aromatic carbocycles. The number of rotatable bonds is 5. The number of unbranched alkanes of at least 4 members (excludes halogenated alkanes) is 1. The third-order valence-electron chi connectivity index (χ3n) is 4.13. The fraction of sp³-hybridized carbons (Fsp3) is 0.588. The highest BCUT2D eigenvalue weighted by atomic mass is 16.2. The van der Waals surface area contributed by atoms with Crippen LogP contribution in [0.5, 0.6) is 0 Å². The van der Waals surface area contributed by atoms with Crippen molar-refractivity contribution in [1.82, 2.24) is 9.80 Å². The van der Waals surface area contributed by atoms with E-state index >= 15 is 0 Å². The van der Waals surface area contributed by atoms with Gasteiger partial charge in [-0.25, -0.2) is 0 Å². The summed E-state index contributed by atoms with van der Waals surface area (Å²) in [6.07, 6.45) is 3.54. The second-order valence-electron chi connectivity index (χ2n) is 5.53. The largest absolute Gasteiger partial charge is 0.336 e. The molecular formula is C17H26N2O. The number of carbonyl (C=O) groups is 1. The molecule has 0 aliphatic carbocycles. The minimum Gasteiger partial charge on any atom is -0.336 e. The Bertz CT molecular complexity index is 419. The van der Waals surface area contributed by atoms with Gasteiger partial charge in [-0.2, -0.15) is 0 Å². The molecule has 0 radical (unpaired) electrons. The van der Waals surface area contributed by atoms with E-state index in [4.69, 9.17) is 0 Å². The molecule has 3 heteroatoms. The Morgan fingerprint density at radius 3 is 2.25 bits per heavy atom. The van der Waals surface area contributed by atoms with Gasteiger partial charge >= 0.3 is 0 Å². The SMILES string of the molecule is CCCCc1ccc(C(=O)N2CCN(CC)CC2)cc1. The van der Waals surface area contributed by atoms with Gasteiger partial charge in [0, 0.05) is 31.7 Å². The number of hydrogen-bond acceptors (Lipinski definition) is 2. The van der Waals surface area contributed by atoms with Crippen molar-refractivity contribution in [1.29, 1.82) is 0 Å². The average molecular weight is 274 g/mol. The molecule has 0 N–H and O–H groups in total. The van der Waals surface area contributed by atoms with Gasteiger partial charge in [0.15, 0.2) is 0 Å². The number of piperazine rings is 1. The van der Waals surface area contributed by atoms with E-state index in [-0.39, 0.29) is 5.91 Å². The van der Waals surface area contributed by atoms with Crippen LogP contribution in [0.4, 0.5) is 0 Å². The molecule has 0 spiro atoms. The van der Waals surface area contributed by atoms with Crippen LogP contribution in [0.1, 0.15) is 42.6 Å². The van der Waals surface area contributed by atoms with Gasteiger partial charge < -0.3 is 9.80 Å². The van der Waals surface area contributed by atoms with Crippen molar-refractivity contribution < 1.29 is 4.79 Å². The lowest BCUT2D eigenvalue weighted by atomic mass is 10.1. The first kappa shape index (κ1) is 15.0. The Labute approximate surface area is 122 Å². The molecule has 2 rings (SSSR count). The second-order valence-corrected chi connectivity index (χ2v) is 5.53. The quantitative estimate of drug-likeness (QED) is 0.824. The average Bonchev–Trinajstić information content (AvgIpc) is 2.53. The van der Waals surface area contributed by atoms with E-state index in [2.05, 4.69) is 30.9 Å². The van der Waals surface area contributed by atoms with Crippen molar-refractivity contribution in [2.45, 2.75) is 33.1 Å². The van der Waals surface area contributed by atoms with Crippen LogP contribution in [0, 0.1) is 0 Å². The maximum Gasteiger partial charge on any atom is 0.253 e. The smallest absolute Gasteiger partial charge is 0.253 e. The Morgan fingerprint density at radius 1 is 1.05 bits per heavy atom. The summed E-state index contributed by atoms with van der Waals surface area (Å²) in [5.74, 6) is 0.183. The summed E-state index contributed by atoms with van der Waals surface area (Å²) in [4.78, 5) is 16.8.